The Morgan fingerprint density at radius 3 is 2.88 bits per heavy atom. The molecule has 1 atom stereocenters. The van der Waals surface area contributed by atoms with E-state index in [-0.39, 0.29) is 11.9 Å². The molecule has 1 saturated heterocycles. The largest absolute Gasteiger partial charge is 0.487 e. The van der Waals surface area contributed by atoms with Gasteiger partial charge in [0.15, 0.2) is 11.6 Å². The van der Waals surface area contributed by atoms with Crippen LogP contribution < -0.4 is 10.1 Å². The van der Waals surface area contributed by atoms with Gasteiger partial charge in [0.1, 0.15) is 6.10 Å². The monoisotopic (exact) mass is 305 g/mol. The lowest BCUT2D eigenvalue weighted by Gasteiger charge is -2.17. The Morgan fingerprint density at radius 1 is 1.24 bits per heavy atom. The highest BCUT2D eigenvalue weighted by atomic mass is 79.9. The fraction of sp³-hybridized carbons (Fsp3) is 0.500. The molecule has 0 aliphatic carbocycles. The van der Waals surface area contributed by atoms with Gasteiger partial charge in [-0.05, 0) is 44.5 Å². The van der Waals surface area contributed by atoms with E-state index in [0.717, 1.165) is 38.4 Å². The summed E-state index contributed by atoms with van der Waals surface area (Å²) in [5.41, 5.74) is 0. The molecule has 1 aliphatic heterocycles. The highest BCUT2D eigenvalue weighted by Gasteiger charge is 2.17. The molecule has 5 heteroatoms. The Hall–Kier alpha value is -0.680. The quantitative estimate of drug-likeness (QED) is 0.847. The smallest absolute Gasteiger partial charge is 0.200 e. The maximum Gasteiger partial charge on any atom is 0.200 e. The van der Waals surface area contributed by atoms with Crippen molar-refractivity contribution in [1.82, 2.24) is 5.32 Å². The maximum atomic E-state index is 13.5. The molecule has 2 nitrogen and oxygen atoms in total. The summed E-state index contributed by atoms with van der Waals surface area (Å²) in [7, 11) is 0. The van der Waals surface area contributed by atoms with Gasteiger partial charge in [-0.3, -0.25) is 0 Å². The lowest BCUT2D eigenvalue weighted by Crippen LogP contribution is -2.20. The van der Waals surface area contributed by atoms with E-state index in [9.17, 15) is 8.78 Å². The van der Waals surface area contributed by atoms with Gasteiger partial charge in [0.05, 0.1) is 0 Å². The van der Waals surface area contributed by atoms with Crippen LogP contribution in [0.25, 0.3) is 0 Å². The molecule has 0 spiro atoms. The molecule has 1 fully saturated rings. The SMILES string of the molecule is Fc1cc(Br)cc(OC2CCCNCC2)c1F. The van der Waals surface area contributed by atoms with Crippen molar-refractivity contribution in [2.24, 2.45) is 0 Å². The normalized spacial score (nSPS) is 21.0. The van der Waals surface area contributed by atoms with Gasteiger partial charge in [-0.2, -0.15) is 4.39 Å². The standard InChI is InChI=1S/C12H14BrF2NO/c13-8-6-10(14)12(15)11(7-8)17-9-2-1-4-16-5-3-9/h6-7,9,16H,1-5H2. The fourth-order valence-electron chi connectivity index (χ4n) is 1.90. The Kier molecular flexibility index (Phi) is 4.34. The van der Waals surface area contributed by atoms with Crippen molar-refractivity contribution in [2.45, 2.75) is 25.4 Å². The minimum Gasteiger partial charge on any atom is -0.487 e. The Balaban J connectivity index is 2.11. The molecule has 0 aromatic heterocycles. The van der Waals surface area contributed by atoms with Crippen LogP contribution in [0.2, 0.25) is 0 Å². The zero-order chi connectivity index (χ0) is 12.3. The molecular weight excluding hydrogens is 292 g/mol. The summed E-state index contributed by atoms with van der Waals surface area (Å²) in [4.78, 5) is 0. The topological polar surface area (TPSA) is 21.3 Å². The molecule has 0 bridgehead atoms. The molecule has 0 amide bonds. The molecule has 1 heterocycles. The van der Waals surface area contributed by atoms with Crippen molar-refractivity contribution in [1.29, 1.82) is 0 Å². The minimum absolute atomic E-state index is 0.0104. The van der Waals surface area contributed by atoms with Crippen LogP contribution in [0.1, 0.15) is 19.3 Å². The van der Waals surface area contributed by atoms with E-state index >= 15 is 0 Å². The molecule has 1 aliphatic rings. The average Bonchev–Trinajstić information content (AvgIpc) is 2.54. The predicted molar refractivity (Wildman–Crippen MR) is 65.2 cm³/mol. The first kappa shape index (κ1) is 12.8. The van der Waals surface area contributed by atoms with Crippen molar-refractivity contribution in [3.63, 3.8) is 0 Å². The first-order valence-electron chi connectivity index (χ1n) is 5.69. The van der Waals surface area contributed by atoms with Gasteiger partial charge in [0, 0.05) is 4.47 Å². The summed E-state index contributed by atoms with van der Waals surface area (Å²) < 4.78 is 32.7. The molecule has 1 unspecified atom stereocenters. The second-order valence-corrected chi connectivity index (χ2v) is 5.04. The average molecular weight is 306 g/mol. The highest BCUT2D eigenvalue weighted by Crippen LogP contribution is 2.27. The first-order valence-corrected chi connectivity index (χ1v) is 6.48. The number of hydrogen-bond acceptors (Lipinski definition) is 2. The van der Waals surface area contributed by atoms with E-state index < -0.39 is 11.6 Å². The van der Waals surface area contributed by atoms with Crippen LogP contribution >= 0.6 is 15.9 Å². The van der Waals surface area contributed by atoms with Crippen LogP contribution in [0.4, 0.5) is 8.78 Å². The second-order valence-electron chi connectivity index (χ2n) is 4.12. The Morgan fingerprint density at radius 2 is 2.06 bits per heavy atom. The van der Waals surface area contributed by atoms with Gasteiger partial charge < -0.3 is 10.1 Å². The summed E-state index contributed by atoms with van der Waals surface area (Å²) in [6.07, 6.45) is 2.62. The molecule has 1 aromatic rings. The fourth-order valence-corrected chi connectivity index (χ4v) is 2.31. The molecule has 2 rings (SSSR count). The van der Waals surface area contributed by atoms with Crippen LogP contribution in [0.3, 0.4) is 0 Å². The highest BCUT2D eigenvalue weighted by molar-refractivity contribution is 9.10. The predicted octanol–water partition coefficient (Wildman–Crippen LogP) is 3.25. The number of nitrogens with one attached hydrogen (secondary N) is 1. The number of benzene rings is 1. The number of ether oxygens (including phenoxy) is 1. The van der Waals surface area contributed by atoms with Gasteiger partial charge in [0.2, 0.25) is 5.82 Å². The third-order valence-corrected chi connectivity index (χ3v) is 3.23. The zero-order valence-corrected chi connectivity index (χ0v) is 10.9. The van der Waals surface area contributed by atoms with Gasteiger partial charge in [-0.25, -0.2) is 4.39 Å². The van der Waals surface area contributed by atoms with Crippen molar-refractivity contribution in [3.05, 3.63) is 28.2 Å². The van der Waals surface area contributed by atoms with E-state index in [1.807, 2.05) is 0 Å². The summed E-state index contributed by atoms with van der Waals surface area (Å²) >= 11 is 3.13. The van der Waals surface area contributed by atoms with Crippen LogP contribution in [0, 0.1) is 11.6 Å². The summed E-state index contributed by atoms with van der Waals surface area (Å²) in [5, 5.41) is 3.24. The minimum atomic E-state index is -0.912. The zero-order valence-electron chi connectivity index (χ0n) is 9.31. The molecule has 17 heavy (non-hydrogen) atoms. The third-order valence-electron chi connectivity index (χ3n) is 2.78. The summed E-state index contributed by atoms with van der Waals surface area (Å²) in [6, 6.07) is 2.56. The van der Waals surface area contributed by atoms with Gasteiger partial charge in [-0.1, -0.05) is 15.9 Å². The van der Waals surface area contributed by atoms with Crippen molar-refractivity contribution in [3.8, 4) is 5.75 Å². The third kappa shape index (κ3) is 3.39. The Bertz CT molecular complexity index is 392. The van der Waals surface area contributed by atoms with Gasteiger partial charge in [-0.15, -0.1) is 0 Å². The van der Waals surface area contributed by atoms with Crippen molar-refractivity contribution < 1.29 is 13.5 Å². The molecule has 1 aromatic carbocycles. The second kappa shape index (κ2) is 5.78. The van der Waals surface area contributed by atoms with E-state index in [0.29, 0.717) is 4.47 Å². The molecule has 1 N–H and O–H groups in total. The number of halogens is 3. The van der Waals surface area contributed by atoms with Gasteiger partial charge >= 0.3 is 0 Å². The lowest BCUT2D eigenvalue weighted by atomic mass is 10.1. The number of hydrogen-bond donors (Lipinski definition) is 1. The van der Waals surface area contributed by atoms with Crippen molar-refractivity contribution in [2.75, 3.05) is 13.1 Å². The molecule has 0 saturated carbocycles. The molecule has 94 valence electrons. The van der Waals surface area contributed by atoms with Crippen LogP contribution in [-0.4, -0.2) is 19.2 Å². The summed E-state index contributed by atoms with van der Waals surface area (Å²) in [5.74, 6) is -1.81. The van der Waals surface area contributed by atoms with E-state index in [4.69, 9.17) is 4.74 Å². The number of rotatable bonds is 2. The van der Waals surface area contributed by atoms with Crippen LogP contribution in [-0.2, 0) is 0 Å². The van der Waals surface area contributed by atoms with Crippen LogP contribution in [0.15, 0.2) is 16.6 Å². The molecule has 0 radical (unpaired) electrons. The maximum absolute atomic E-state index is 13.5. The van der Waals surface area contributed by atoms with E-state index in [1.165, 1.54) is 6.07 Å². The van der Waals surface area contributed by atoms with E-state index in [2.05, 4.69) is 21.2 Å². The lowest BCUT2D eigenvalue weighted by molar-refractivity contribution is 0.177. The molecular formula is C12H14BrF2NO. The van der Waals surface area contributed by atoms with E-state index in [1.54, 1.807) is 0 Å². The van der Waals surface area contributed by atoms with Crippen molar-refractivity contribution >= 4 is 15.9 Å². The Labute approximate surface area is 107 Å². The van der Waals surface area contributed by atoms with Crippen LogP contribution in [0.5, 0.6) is 5.75 Å². The summed E-state index contributed by atoms with van der Waals surface area (Å²) in [6.45, 7) is 1.80. The first-order chi connectivity index (χ1) is 8.16. The van der Waals surface area contributed by atoms with Gasteiger partial charge in [0.25, 0.3) is 0 Å².